The van der Waals surface area contributed by atoms with Gasteiger partial charge in [0.2, 0.25) is 0 Å². The van der Waals surface area contributed by atoms with Gasteiger partial charge < -0.3 is 72.8 Å². The lowest BCUT2D eigenvalue weighted by molar-refractivity contribution is -0.138. The summed E-state index contributed by atoms with van der Waals surface area (Å²) < 4.78 is 42.2. The molecule has 0 aromatic heterocycles. The van der Waals surface area contributed by atoms with Gasteiger partial charge in [-0.05, 0) is 214 Å². The molecule has 16 rings (SSSR count). The van der Waals surface area contributed by atoms with Gasteiger partial charge in [0.15, 0.2) is 11.6 Å². The Morgan fingerprint density at radius 3 is 1.17 bits per heavy atom. The van der Waals surface area contributed by atoms with Crippen molar-refractivity contribution >= 4 is 59.6 Å². The molecule has 0 radical (unpaired) electrons. The van der Waals surface area contributed by atoms with E-state index in [2.05, 4.69) is 52.6 Å². The summed E-state index contributed by atoms with van der Waals surface area (Å²) in [6.07, 6.45) is 11.5. The molecular formula is C117H135N9O19. The van der Waals surface area contributed by atoms with Crippen LogP contribution in [-0.4, -0.2) is 195 Å². The van der Waals surface area contributed by atoms with Crippen LogP contribution in [0.2, 0.25) is 0 Å². The molecule has 7 aliphatic rings. The first-order valence-electron chi connectivity index (χ1n) is 49.9. The largest absolute Gasteiger partial charge is 0.497 e. The van der Waals surface area contributed by atoms with E-state index in [-0.39, 0.29) is 109 Å². The molecule has 6 saturated heterocycles. The van der Waals surface area contributed by atoms with E-state index in [0.717, 1.165) is 126 Å². The van der Waals surface area contributed by atoms with Crippen LogP contribution < -0.4 is 14.8 Å². The van der Waals surface area contributed by atoms with Crippen molar-refractivity contribution in [2.75, 3.05) is 106 Å². The summed E-state index contributed by atoms with van der Waals surface area (Å²) >= 11 is 0. The predicted octanol–water partition coefficient (Wildman–Crippen LogP) is 20.2. The van der Waals surface area contributed by atoms with Crippen LogP contribution in [0.25, 0.3) is 4.85 Å². The fourth-order valence-electron chi connectivity index (χ4n) is 19.4. The first-order valence-corrected chi connectivity index (χ1v) is 49.9. The van der Waals surface area contributed by atoms with Gasteiger partial charge in [0.25, 0.3) is 5.70 Å². The molecule has 0 saturated carbocycles. The van der Waals surface area contributed by atoms with E-state index >= 15 is 0 Å². The van der Waals surface area contributed by atoms with Gasteiger partial charge in [0, 0.05) is 109 Å². The molecule has 6 fully saturated rings. The fourth-order valence-corrected chi connectivity index (χ4v) is 19.4. The standard InChI is InChI=1S/C25H28N2O3.C24H29NO5.C23H26N2O3.C18H20N2O4.C14H17NO.C13H15NO3/c1-19-8-10-21(11-9-19)16-25(23(17-26)20(2)28)12-14-27(15-13-25)24(29)30-18-22-6-4-3-5-7-22;1-29-22-9-7-19(8-10-22)15-24(16-21(27)17-26)11-13-25(14-12-24)23(28)30-18-20-5-3-2-4-6-20;1-27-21-9-7-19(8-10-21)17-23(11-14-24)12-15-25(16-13-23)22(26)28-18-20-5-3-2-4-6-20;1-3-23-17(21)16(19-2)15-9-11-20(12-10-15)18(22)24-13-14-7-5-4-6-8-14;16-13-10-14(5-7-15-8-6-14)9-11-3-1-2-4-12(11)13;15-12-6-8-14(9-7-12)13(16)17-10-11-4-2-1-3-5-11/h3-11,23H,12-16,18H2,1-2H3;2-10,26H,11-18H2,1H3;2-10H,11-13,15-18H2,1H3;4-8H,3,9-13H2,1H3;1-4,15H,5-10H2;1-5H,6-10H2. The summed E-state index contributed by atoms with van der Waals surface area (Å²) in [7, 11) is 3.28. The number of ketones is 4. The maximum Gasteiger partial charge on any atom is 0.410 e. The zero-order valence-corrected chi connectivity index (χ0v) is 84.0. The van der Waals surface area contributed by atoms with Crippen molar-refractivity contribution in [3.63, 3.8) is 0 Å². The van der Waals surface area contributed by atoms with Crippen LogP contribution >= 0.6 is 0 Å². The molecule has 9 aromatic carbocycles. The first-order chi connectivity index (χ1) is 70.3. The number of fused-ring (bicyclic) bond motifs is 1. The molecule has 2 N–H and O–H groups in total. The number of benzene rings is 9. The van der Waals surface area contributed by atoms with Crippen molar-refractivity contribution in [1.29, 1.82) is 10.5 Å². The van der Waals surface area contributed by atoms with E-state index in [9.17, 15) is 63.6 Å². The topological polar surface area (TPSA) is 345 Å². The minimum atomic E-state index is -0.679. The predicted molar refractivity (Wildman–Crippen MR) is 548 cm³/mol. The maximum absolute atomic E-state index is 12.5. The fraction of sp³-hybridized carbons (Fsp3) is 0.410. The zero-order valence-electron chi connectivity index (χ0n) is 84.0. The minimum Gasteiger partial charge on any atom is -0.497 e. The third kappa shape index (κ3) is 34.5. The monoisotopic (exact) mass is 1970 g/mol. The number of esters is 1. The molecule has 9 aromatic rings. The summed E-state index contributed by atoms with van der Waals surface area (Å²) in [5.74, 6) is 0.655. The molecule has 28 nitrogen and oxygen atoms in total. The van der Waals surface area contributed by atoms with E-state index < -0.39 is 23.9 Å². The number of carbonyl (C=O) groups excluding carboxylic acids is 10. The third-order valence-electron chi connectivity index (χ3n) is 27.9. The average molecular weight is 1970 g/mol. The Labute approximate surface area is 851 Å². The van der Waals surface area contributed by atoms with Crippen LogP contribution in [0.15, 0.2) is 260 Å². The molecule has 28 heteroatoms. The van der Waals surface area contributed by atoms with Gasteiger partial charge in [-0.25, -0.2) is 28.8 Å². The Morgan fingerprint density at radius 2 is 0.793 bits per heavy atom. The molecule has 5 amide bonds. The maximum atomic E-state index is 12.5. The Balaban J connectivity index is 0.000000168. The van der Waals surface area contributed by atoms with Crippen LogP contribution in [0.4, 0.5) is 24.0 Å². The van der Waals surface area contributed by atoms with Crippen molar-refractivity contribution in [1.82, 2.24) is 29.8 Å². The third-order valence-corrected chi connectivity index (χ3v) is 27.9. The van der Waals surface area contributed by atoms with E-state index in [1.165, 1.54) is 23.6 Å². The highest BCUT2D eigenvalue weighted by Crippen LogP contribution is 2.46. The number of hydrogen-bond donors (Lipinski definition) is 2. The molecule has 1 spiro atoms. The Bertz CT molecular complexity index is 5820. The molecule has 1 atom stereocenters. The van der Waals surface area contributed by atoms with Gasteiger partial charge in [0.05, 0.1) is 39.5 Å². The Hall–Kier alpha value is -14.8. The van der Waals surface area contributed by atoms with Crippen LogP contribution in [-0.2, 0) is 106 Å². The number of aryl methyl sites for hydroxylation is 1. The van der Waals surface area contributed by atoms with Gasteiger partial charge in [0.1, 0.15) is 68.6 Å². The number of methoxy groups -OCH3 is 2. The number of Topliss-reactive ketones (excluding diaryl/α,β-unsaturated/α-hetero) is 4. The van der Waals surface area contributed by atoms with Gasteiger partial charge in [-0.15, -0.1) is 0 Å². The van der Waals surface area contributed by atoms with Crippen LogP contribution in [0.3, 0.4) is 0 Å². The number of aliphatic hydroxyl groups is 1. The lowest BCUT2D eigenvalue weighted by atomic mass is 9.64. The SMILES string of the molecule is CC(=O)C(C#N)C1(Cc2ccc(C)cc2)CCN(C(=O)OCc2ccccc2)CC1.COc1ccc(CC2(CC#N)CCN(C(=O)OCc3ccccc3)CC2)cc1.COc1ccc(CC2(CC(=O)CO)CCN(C(=O)OCc3ccccc3)CC2)cc1.O=C1CC2(CCNCC2)Cc2ccccc21.O=C1CCN(C(=O)OCc2ccccc2)CC1.[C-]#[N+]C(C(=O)OCC)=C1CCN(C(=O)OCc2ccccc2)CC1. The second kappa shape index (κ2) is 56.9. The lowest BCUT2D eigenvalue weighted by Gasteiger charge is -2.43. The lowest BCUT2D eigenvalue weighted by Crippen LogP contribution is -2.48. The Kier molecular flexibility index (Phi) is 43.4. The first kappa shape index (κ1) is 111. The van der Waals surface area contributed by atoms with E-state index in [0.29, 0.717) is 142 Å². The number of hydrogen-bond acceptors (Lipinski definition) is 22. The van der Waals surface area contributed by atoms with Crippen molar-refractivity contribution in [2.24, 2.45) is 27.6 Å². The average Bonchev–Trinajstić information content (AvgIpc) is 0.775. The van der Waals surface area contributed by atoms with Gasteiger partial charge in [-0.3, -0.25) is 24.0 Å². The highest BCUT2D eigenvalue weighted by atomic mass is 16.6. The summed E-state index contributed by atoms with van der Waals surface area (Å²) in [5.41, 5.74) is 11.8. The summed E-state index contributed by atoms with van der Waals surface area (Å²) in [4.78, 5) is 132. The van der Waals surface area contributed by atoms with Crippen molar-refractivity contribution in [2.45, 2.75) is 176 Å². The number of rotatable bonds is 26. The van der Waals surface area contributed by atoms with Crippen LogP contribution in [0.1, 0.15) is 176 Å². The number of nitrogens with zero attached hydrogens (tertiary/aromatic N) is 8. The van der Waals surface area contributed by atoms with E-state index in [1.807, 2.05) is 225 Å². The number of likely N-dealkylation sites (tertiary alicyclic amines) is 5. The minimum absolute atomic E-state index is 0.0501. The normalized spacial score (nSPS) is 16.3. The summed E-state index contributed by atoms with van der Waals surface area (Å²) in [6.45, 7) is 20.7. The van der Waals surface area contributed by atoms with Crippen molar-refractivity contribution in [3.8, 4) is 23.6 Å². The number of carbonyl (C=O) groups is 10. The molecule has 762 valence electrons. The molecule has 0 bridgehead atoms. The Morgan fingerprint density at radius 1 is 0.434 bits per heavy atom. The number of aliphatic hydroxyl groups excluding tert-OH is 1. The number of amides is 5. The zero-order chi connectivity index (χ0) is 103. The smallest absolute Gasteiger partial charge is 0.410 e. The van der Waals surface area contributed by atoms with E-state index in [1.54, 1.807) is 45.6 Å². The molecule has 1 unspecified atom stereocenters. The number of nitrogens with one attached hydrogen (secondary N) is 1. The molecule has 145 heavy (non-hydrogen) atoms. The number of piperidine rings is 6. The quantitative estimate of drug-likeness (QED) is 0.0220. The van der Waals surface area contributed by atoms with Gasteiger partial charge in [-0.1, -0.05) is 236 Å². The highest BCUT2D eigenvalue weighted by Gasteiger charge is 2.46. The number of nitriles is 2. The molecular weight excluding hydrogens is 1840 g/mol. The van der Waals surface area contributed by atoms with Gasteiger partial charge >= 0.3 is 36.4 Å². The second-order valence-corrected chi connectivity index (χ2v) is 38.1. The summed E-state index contributed by atoms with van der Waals surface area (Å²) in [6, 6.07) is 84.6. The van der Waals surface area contributed by atoms with Crippen molar-refractivity contribution < 1.29 is 90.9 Å². The van der Waals surface area contributed by atoms with Crippen LogP contribution in [0, 0.1) is 63.7 Å². The van der Waals surface area contributed by atoms with Crippen molar-refractivity contribution in [3.05, 3.63) is 333 Å². The van der Waals surface area contributed by atoms with Crippen LogP contribution in [0.5, 0.6) is 11.5 Å². The van der Waals surface area contributed by atoms with E-state index in [4.69, 9.17) is 44.5 Å². The number of ether oxygens (including phenoxy) is 8. The highest BCUT2D eigenvalue weighted by molar-refractivity contribution is 5.99. The second-order valence-electron chi connectivity index (χ2n) is 38.1. The summed E-state index contributed by atoms with van der Waals surface area (Å²) in [5, 5.41) is 31.8. The molecule has 6 aliphatic heterocycles. The molecule has 1 aliphatic carbocycles. The molecule has 6 heterocycles. The van der Waals surface area contributed by atoms with Gasteiger partial charge in [-0.2, -0.15) is 10.5 Å².